The quantitative estimate of drug-likeness (QED) is 0.532. The lowest BCUT2D eigenvalue weighted by atomic mass is 9.92. The molecular weight excluding hydrogens is 332 g/mol. The smallest absolute Gasteiger partial charge is 0.0170 e. The second-order valence-corrected chi connectivity index (χ2v) is 13.9. The van der Waals surface area contributed by atoms with Crippen molar-refractivity contribution in [2.75, 3.05) is 12.5 Å². The molecule has 142 valence electrons. The fourth-order valence-electron chi connectivity index (χ4n) is 6.82. The predicted molar refractivity (Wildman–Crippen MR) is 119 cm³/mol. The third-order valence-corrected chi connectivity index (χ3v) is 12.6. The van der Waals surface area contributed by atoms with Crippen LogP contribution in [0.15, 0.2) is 36.4 Å². The fourth-order valence-corrected chi connectivity index (χ4v) is 12.0. The minimum Gasteiger partial charge on any atom is -0.236 e. The van der Waals surface area contributed by atoms with Crippen LogP contribution < -0.4 is 0 Å². The molecule has 0 bridgehead atoms. The summed E-state index contributed by atoms with van der Waals surface area (Å²) in [4.78, 5) is 0. The molecule has 2 aromatic rings. The molecule has 2 aromatic carbocycles. The lowest BCUT2D eigenvalue weighted by Crippen LogP contribution is -2.31. The van der Waals surface area contributed by atoms with Crippen molar-refractivity contribution >= 4 is 20.8 Å². The molecule has 0 heterocycles. The molecule has 1 fully saturated rings. The van der Waals surface area contributed by atoms with E-state index < -0.39 is 10.0 Å². The van der Waals surface area contributed by atoms with E-state index in [1.165, 1.54) is 17.2 Å². The maximum atomic E-state index is 2.67. The highest BCUT2D eigenvalue weighted by atomic mass is 32.3. The molecule has 4 rings (SSSR count). The minimum absolute atomic E-state index is 0.734. The van der Waals surface area contributed by atoms with Crippen LogP contribution >= 0.6 is 10.0 Å². The van der Waals surface area contributed by atoms with Gasteiger partial charge in [0.2, 0.25) is 0 Å². The van der Waals surface area contributed by atoms with E-state index in [0.29, 0.717) is 0 Å². The Morgan fingerprint density at radius 1 is 0.769 bits per heavy atom. The number of hydrogen-bond donors (Lipinski definition) is 0. The van der Waals surface area contributed by atoms with Crippen molar-refractivity contribution in [3.63, 3.8) is 0 Å². The van der Waals surface area contributed by atoms with E-state index in [9.17, 15) is 0 Å². The summed E-state index contributed by atoms with van der Waals surface area (Å²) in [7, 11) is -0.734. The Bertz CT molecular complexity index is 806. The van der Waals surface area contributed by atoms with E-state index in [4.69, 9.17) is 0 Å². The van der Waals surface area contributed by atoms with Gasteiger partial charge in [0.25, 0.3) is 0 Å². The van der Waals surface area contributed by atoms with Gasteiger partial charge in [-0.2, -0.15) is 0 Å². The van der Waals surface area contributed by atoms with E-state index in [2.05, 4.69) is 83.5 Å². The molecule has 0 aliphatic heterocycles. The van der Waals surface area contributed by atoms with Gasteiger partial charge in [-0.1, -0.05) is 71.0 Å². The largest absolute Gasteiger partial charge is 0.236 e. The zero-order valence-corrected chi connectivity index (χ0v) is 18.4. The third kappa shape index (κ3) is 2.49. The Kier molecular flexibility index (Phi) is 4.46. The lowest BCUT2D eigenvalue weighted by Gasteiger charge is -2.50. The monoisotopic (exact) mass is 368 g/mol. The van der Waals surface area contributed by atoms with E-state index in [1.54, 1.807) is 11.1 Å². The minimum atomic E-state index is -0.734. The predicted octanol–water partition coefficient (Wildman–Crippen LogP) is 7.06. The average molecular weight is 369 g/mol. The first-order valence-electron chi connectivity index (χ1n) is 10.5. The van der Waals surface area contributed by atoms with Crippen LogP contribution in [0, 0.1) is 29.6 Å². The van der Waals surface area contributed by atoms with Crippen molar-refractivity contribution in [3.05, 3.63) is 47.5 Å². The Morgan fingerprint density at radius 2 is 1.38 bits per heavy atom. The summed E-state index contributed by atoms with van der Waals surface area (Å²) in [5.41, 5.74) is 3.34. The summed E-state index contributed by atoms with van der Waals surface area (Å²) in [6, 6.07) is 13.9. The molecule has 0 nitrogen and oxygen atoms in total. The summed E-state index contributed by atoms with van der Waals surface area (Å²) >= 11 is 0. The Labute approximate surface area is 162 Å². The lowest BCUT2D eigenvalue weighted by molar-refractivity contribution is 0.352. The standard InChI is InChI=1S/C25H36S/c1-15-14-23-21-11-9-8-10-20(21)12-13-22(23)24(15)26(6,7)25-18(4)16(2)17(3)19(25)5/h8-13,15-19,24-25H,14H2,1-7H3. The van der Waals surface area contributed by atoms with Gasteiger partial charge >= 0.3 is 0 Å². The van der Waals surface area contributed by atoms with Gasteiger partial charge in [0.1, 0.15) is 0 Å². The van der Waals surface area contributed by atoms with E-state index in [-0.39, 0.29) is 0 Å². The molecule has 0 radical (unpaired) electrons. The summed E-state index contributed by atoms with van der Waals surface area (Å²) < 4.78 is 0. The summed E-state index contributed by atoms with van der Waals surface area (Å²) in [5.74, 6) is 4.18. The van der Waals surface area contributed by atoms with Crippen molar-refractivity contribution < 1.29 is 0 Å². The van der Waals surface area contributed by atoms with Crippen LogP contribution in [-0.2, 0) is 6.42 Å². The van der Waals surface area contributed by atoms with E-state index >= 15 is 0 Å². The first kappa shape index (κ1) is 18.4. The Morgan fingerprint density at radius 3 is 2.04 bits per heavy atom. The second-order valence-electron chi connectivity index (χ2n) is 9.84. The van der Waals surface area contributed by atoms with Gasteiger partial charge in [0.05, 0.1) is 0 Å². The van der Waals surface area contributed by atoms with Crippen LogP contribution in [0.25, 0.3) is 10.8 Å². The number of hydrogen-bond acceptors (Lipinski definition) is 0. The second kappa shape index (κ2) is 6.30. The molecule has 6 unspecified atom stereocenters. The molecule has 0 aromatic heterocycles. The van der Waals surface area contributed by atoms with Crippen LogP contribution in [0.1, 0.15) is 51.0 Å². The molecule has 1 heteroatoms. The normalized spacial score (nSPS) is 37.9. The van der Waals surface area contributed by atoms with Crippen molar-refractivity contribution in [3.8, 4) is 0 Å². The average Bonchev–Trinajstić information content (AvgIpc) is 3.05. The highest BCUT2D eigenvalue weighted by molar-refractivity contribution is 8.33. The maximum absolute atomic E-state index is 2.67. The summed E-state index contributed by atoms with van der Waals surface area (Å²) in [6.45, 7) is 12.6. The molecule has 26 heavy (non-hydrogen) atoms. The van der Waals surface area contributed by atoms with Crippen molar-refractivity contribution in [2.24, 2.45) is 29.6 Å². The zero-order valence-electron chi connectivity index (χ0n) is 17.6. The number of fused-ring (bicyclic) bond motifs is 3. The van der Waals surface area contributed by atoms with Gasteiger partial charge in [0.15, 0.2) is 0 Å². The SMILES string of the molecule is CC1Cc2c(ccc3ccccc23)C1S(C)(C)C1C(C)C(C)C(C)C1C. The number of rotatable bonds is 2. The van der Waals surface area contributed by atoms with E-state index in [0.717, 1.165) is 40.1 Å². The van der Waals surface area contributed by atoms with Crippen molar-refractivity contribution in [1.29, 1.82) is 0 Å². The summed E-state index contributed by atoms with van der Waals surface area (Å²) in [5, 5.41) is 4.56. The third-order valence-electron chi connectivity index (χ3n) is 8.31. The molecule has 0 spiro atoms. The molecule has 1 saturated carbocycles. The molecule has 6 atom stereocenters. The first-order valence-corrected chi connectivity index (χ1v) is 13.0. The van der Waals surface area contributed by atoms with Crippen molar-refractivity contribution in [1.82, 2.24) is 0 Å². The molecular formula is C25H36S. The van der Waals surface area contributed by atoms with Gasteiger partial charge in [-0.15, -0.1) is 0 Å². The molecule has 0 saturated heterocycles. The van der Waals surface area contributed by atoms with Crippen LogP contribution in [0.5, 0.6) is 0 Å². The van der Waals surface area contributed by atoms with Crippen LogP contribution in [0.2, 0.25) is 0 Å². The van der Waals surface area contributed by atoms with Gasteiger partial charge in [-0.25, -0.2) is 10.0 Å². The molecule has 0 N–H and O–H groups in total. The van der Waals surface area contributed by atoms with Crippen molar-refractivity contribution in [2.45, 2.75) is 51.5 Å². The molecule has 2 aliphatic carbocycles. The molecule has 2 aliphatic rings. The van der Waals surface area contributed by atoms with Crippen LogP contribution in [-0.4, -0.2) is 17.8 Å². The van der Waals surface area contributed by atoms with E-state index in [1.807, 2.05) is 0 Å². The fraction of sp³-hybridized carbons (Fsp3) is 0.600. The van der Waals surface area contributed by atoms with Gasteiger partial charge in [0, 0.05) is 5.25 Å². The molecule has 0 amide bonds. The number of benzene rings is 2. The zero-order chi connectivity index (χ0) is 18.8. The van der Waals surface area contributed by atoms with Gasteiger partial charge in [-0.3, -0.25) is 0 Å². The highest BCUT2D eigenvalue weighted by Gasteiger charge is 2.51. The maximum Gasteiger partial charge on any atom is 0.0170 e. The summed E-state index contributed by atoms with van der Waals surface area (Å²) in [6.07, 6.45) is 6.60. The Balaban J connectivity index is 1.80. The highest BCUT2D eigenvalue weighted by Crippen LogP contribution is 2.70. The van der Waals surface area contributed by atoms with Crippen LogP contribution in [0.4, 0.5) is 0 Å². The Hall–Kier alpha value is -0.950. The van der Waals surface area contributed by atoms with Gasteiger partial charge < -0.3 is 0 Å². The topological polar surface area (TPSA) is 0 Å². The van der Waals surface area contributed by atoms with Crippen LogP contribution in [0.3, 0.4) is 0 Å². The van der Waals surface area contributed by atoms with Gasteiger partial charge in [-0.05, 0) is 75.7 Å². The first-order chi connectivity index (χ1) is 12.2.